The van der Waals surface area contributed by atoms with E-state index in [-0.39, 0.29) is 5.69 Å². The third kappa shape index (κ3) is 4.80. The van der Waals surface area contributed by atoms with Crippen molar-refractivity contribution in [2.24, 2.45) is 0 Å². The molecule has 0 aliphatic rings. The largest absolute Gasteiger partial charge is 0.480 e. The fourth-order valence-electron chi connectivity index (χ4n) is 4.05. The third-order valence-electron chi connectivity index (χ3n) is 5.71. The zero-order valence-corrected chi connectivity index (χ0v) is 19.7. The summed E-state index contributed by atoms with van der Waals surface area (Å²) in [6.45, 7) is 1.18. The Kier molecular flexibility index (Phi) is 6.44. The molecular formula is C27H25N6O3+. The van der Waals surface area contributed by atoms with Gasteiger partial charge >= 0.3 is 5.97 Å². The van der Waals surface area contributed by atoms with Gasteiger partial charge in [-0.25, -0.2) is 9.78 Å². The molecule has 5 rings (SSSR count). The molecule has 9 nitrogen and oxygen atoms in total. The van der Waals surface area contributed by atoms with Gasteiger partial charge in [0, 0.05) is 35.1 Å². The topological polar surface area (TPSA) is 96.1 Å². The quantitative estimate of drug-likeness (QED) is 0.308. The Labute approximate surface area is 207 Å². The summed E-state index contributed by atoms with van der Waals surface area (Å²) in [5.74, 6) is 0.0686. The van der Waals surface area contributed by atoms with Crippen molar-refractivity contribution in [1.29, 1.82) is 0 Å². The van der Waals surface area contributed by atoms with E-state index in [1.165, 1.54) is 10.7 Å². The highest BCUT2D eigenvalue weighted by molar-refractivity contribution is 5.83. The maximum Gasteiger partial charge on any atom is 0.382 e. The van der Waals surface area contributed by atoms with Gasteiger partial charge in [0.25, 0.3) is 5.69 Å². The van der Waals surface area contributed by atoms with E-state index < -0.39 is 5.97 Å². The molecule has 0 aliphatic heterocycles. The molecule has 0 saturated carbocycles. The van der Waals surface area contributed by atoms with Gasteiger partial charge in [-0.15, -0.1) is 4.52 Å². The van der Waals surface area contributed by atoms with Crippen LogP contribution in [0.25, 0.3) is 0 Å². The Morgan fingerprint density at radius 3 is 2.31 bits per heavy atom. The molecule has 0 radical (unpaired) electrons. The number of fused-ring (bicyclic) bond motifs is 1. The van der Waals surface area contributed by atoms with E-state index in [1.807, 2.05) is 48.5 Å². The van der Waals surface area contributed by atoms with Gasteiger partial charge in [-0.2, -0.15) is 0 Å². The van der Waals surface area contributed by atoms with Crippen LogP contribution in [-0.4, -0.2) is 32.9 Å². The molecule has 0 unspecified atom stereocenters. The Morgan fingerprint density at radius 2 is 1.69 bits per heavy atom. The fourth-order valence-corrected chi connectivity index (χ4v) is 4.05. The summed E-state index contributed by atoms with van der Waals surface area (Å²) >= 11 is 0. The highest BCUT2D eigenvalue weighted by atomic mass is 16.5. The van der Waals surface area contributed by atoms with E-state index in [0.29, 0.717) is 36.2 Å². The molecule has 3 heterocycles. The summed E-state index contributed by atoms with van der Waals surface area (Å²) < 4.78 is 8.50. The Bertz CT molecular complexity index is 1450. The minimum absolute atomic E-state index is 0.0393. The molecule has 9 heteroatoms. The number of hydrogen-bond acceptors (Lipinski definition) is 6. The molecule has 0 aliphatic carbocycles. The molecule has 180 valence electrons. The average Bonchev–Trinajstić information content (AvgIpc) is 3.34. The molecule has 0 spiro atoms. The van der Waals surface area contributed by atoms with Crippen molar-refractivity contribution in [3.63, 3.8) is 0 Å². The monoisotopic (exact) mass is 481 g/mol. The molecule has 0 atom stereocenters. The molecule has 3 aromatic heterocycles. The van der Waals surface area contributed by atoms with Gasteiger partial charge < -0.3 is 20.1 Å². The van der Waals surface area contributed by atoms with Crippen LogP contribution >= 0.6 is 0 Å². The smallest absolute Gasteiger partial charge is 0.382 e. The summed E-state index contributed by atoms with van der Waals surface area (Å²) in [6, 6.07) is 25.8. The first kappa shape index (κ1) is 22.9. The Hall–Kier alpha value is -4.92. The summed E-state index contributed by atoms with van der Waals surface area (Å²) in [4.78, 5) is 18.4. The van der Waals surface area contributed by atoms with Gasteiger partial charge in [-0.05, 0) is 23.3 Å². The van der Waals surface area contributed by atoms with Gasteiger partial charge in [-0.3, -0.25) is 0 Å². The van der Waals surface area contributed by atoms with Gasteiger partial charge in [0.15, 0.2) is 5.82 Å². The van der Waals surface area contributed by atoms with Gasteiger partial charge in [0.2, 0.25) is 12.1 Å². The lowest BCUT2D eigenvalue weighted by molar-refractivity contribution is -0.623. The maximum atomic E-state index is 12.0. The van der Waals surface area contributed by atoms with E-state index in [9.17, 15) is 9.90 Å². The number of carboxylic acid groups (broad SMARTS) is 1. The Balaban J connectivity index is 1.65. The molecule has 36 heavy (non-hydrogen) atoms. The normalized spacial score (nSPS) is 10.8. The van der Waals surface area contributed by atoms with Crippen molar-refractivity contribution in [2.45, 2.75) is 13.1 Å². The van der Waals surface area contributed by atoms with Crippen LogP contribution in [0.5, 0.6) is 5.88 Å². The van der Waals surface area contributed by atoms with E-state index in [0.717, 1.165) is 11.1 Å². The number of carbonyl (C=O) groups is 1. The SMILES string of the molecule is COc1ncccc1Nc1cc(N(Cc2ccccc2)Cc2ccccc2)n2ncc(C(=O)O)[n+]2c1. The number of pyridine rings is 1. The third-order valence-corrected chi connectivity index (χ3v) is 5.71. The standard InChI is InChI=1S/C27H24N6O3/c1-36-26-23(13-8-14-28-26)30-22-15-25(33-29-16-24(27(34)35)32(33)19-22)31(17-20-9-4-2-5-10-20)18-21-11-6-3-7-12-21/h2-16,19H,17-18H2,1H3,(H-,29,30,34,35)/p+1. The number of rotatable bonds is 9. The zero-order chi connectivity index (χ0) is 24.9. The molecule has 2 N–H and O–H groups in total. The summed E-state index contributed by atoms with van der Waals surface area (Å²) in [5, 5.41) is 17.5. The molecular weight excluding hydrogens is 456 g/mol. The van der Waals surface area contributed by atoms with Crippen LogP contribution in [0.15, 0.2) is 97.5 Å². The summed E-state index contributed by atoms with van der Waals surface area (Å²) in [7, 11) is 1.55. The first-order chi connectivity index (χ1) is 17.6. The molecule has 0 saturated heterocycles. The number of benzene rings is 2. The predicted octanol–water partition coefficient (Wildman–Crippen LogP) is 3.97. The first-order valence-corrected chi connectivity index (χ1v) is 11.4. The van der Waals surface area contributed by atoms with Crippen LogP contribution in [0.2, 0.25) is 0 Å². The lowest BCUT2D eigenvalue weighted by atomic mass is 10.1. The number of ether oxygens (including phenoxy) is 1. The first-order valence-electron chi connectivity index (χ1n) is 11.4. The number of aromatic carboxylic acids is 1. The van der Waals surface area contributed by atoms with Gasteiger partial charge in [0.1, 0.15) is 11.9 Å². The minimum atomic E-state index is -1.07. The highest BCUT2D eigenvalue weighted by Gasteiger charge is 2.25. The zero-order valence-electron chi connectivity index (χ0n) is 19.7. The second-order valence-electron chi connectivity index (χ2n) is 8.17. The van der Waals surface area contributed by atoms with Gasteiger partial charge in [-0.1, -0.05) is 60.7 Å². The molecule has 5 aromatic rings. The van der Waals surface area contributed by atoms with Crippen molar-refractivity contribution in [3.8, 4) is 5.88 Å². The molecule has 0 amide bonds. The summed E-state index contributed by atoms with van der Waals surface area (Å²) in [5.41, 5.74) is 3.58. The van der Waals surface area contributed by atoms with Crippen LogP contribution in [-0.2, 0) is 13.1 Å². The van der Waals surface area contributed by atoms with E-state index >= 15 is 0 Å². The van der Waals surface area contributed by atoms with E-state index in [2.05, 4.69) is 44.6 Å². The molecule has 0 bridgehead atoms. The van der Waals surface area contributed by atoms with Gasteiger partial charge in [0.05, 0.1) is 12.8 Å². The van der Waals surface area contributed by atoms with Crippen molar-refractivity contribution >= 4 is 23.2 Å². The van der Waals surface area contributed by atoms with Crippen LogP contribution in [0, 0.1) is 0 Å². The molecule has 2 aromatic carbocycles. The minimum Gasteiger partial charge on any atom is -0.480 e. The van der Waals surface area contributed by atoms with Crippen molar-refractivity contribution in [1.82, 2.24) is 14.7 Å². The van der Waals surface area contributed by atoms with Crippen LogP contribution in [0.3, 0.4) is 0 Å². The van der Waals surface area contributed by atoms with Crippen LogP contribution < -0.4 is 19.5 Å². The highest BCUT2D eigenvalue weighted by Crippen LogP contribution is 2.27. The number of carboxylic acids is 1. The maximum absolute atomic E-state index is 12.0. The second kappa shape index (κ2) is 10.1. The second-order valence-corrected chi connectivity index (χ2v) is 8.17. The van der Waals surface area contributed by atoms with Crippen LogP contribution in [0.4, 0.5) is 17.2 Å². The number of methoxy groups -OCH3 is 1. The van der Waals surface area contributed by atoms with E-state index in [4.69, 9.17) is 4.74 Å². The molecule has 0 fully saturated rings. The van der Waals surface area contributed by atoms with Crippen molar-refractivity contribution in [2.75, 3.05) is 17.3 Å². The number of aromatic nitrogens is 4. The fraction of sp³-hybridized carbons (Fsp3) is 0.111. The van der Waals surface area contributed by atoms with Crippen LogP contribution in [0.1, 0.15) is 21.6 Å². The van der Waals surface area contributed by atoms with E-state index in [1.54, 1.807) is 30.2 Å². The Morgan fingerprint density at radius 1 is 1.03 bits per heavy atom. The van der Waals surface area contributed by atoms with Crippen molar-refractivity contribution in [3.05, 3.63) is 114 Å². The predicted molar refractivity (Wildman–Crippen MR) is 135 cm³/mol. The number of hydrogen-bond donors (Lipinski definition) is 2. The lowest BCUT2D eigenvalue weighted by Crippen LogP contribution is -2.38. The average molecular weight is 482 g/mol. The number of nitrogens with zero attached hydrogens (tertiary/aromatic N) is 5. The van der Waals surface area contributed by atoms with Crippen molar-refractivity contribution < 1.29 is 19.2 Å². The number of nitrogens with one attached hydrogen (secondary N) is 1. The summed E-state index contributed by atoms with van der Waals surface area (Å²) in [6.07, 6.45) is 4.69. The number of anilines is 3. The lowest BCUT2D eigenvalue weighted by Gasteiger charge is -2.24.